The fourth-order valence-corrected chi connectivity index (χ4v) is 5.31. The summed E-state index contributed by atoms with van der Waals surface area (Å²) >= 11 is 0. The number of likely N-dealkylation sites (tertiary alicyclic amines) is 1. The standard InChI is InChI=1S/C21H24FN3O4S/c1-15-4-5-16(10-19(15)22)12-25(17-8-9-24(13-17)14-23)30(26,27)21-11-18(28-2)6-7-20(21)29-3/h4-7,10-11,17H,8-9,12-13H2,1-3H3. The van der Waals surface area contributed by atoms with E-state index in [-0.39, 0.29) is 23.7 Å². The van der Waals surface area contributed by atoms with Gasteiger partial charge in [-0.1, -0.05) is 12.1 Å². The van der Waals surface area contributed by atoms with Crippen LogP contribution in [0.1, 0.15) is 17.5 Å². The van der Waals surface area contributed by atoms with Gasteiger partial charge >= 0.3 is 0 Å². The SMILES string of the molecule is COc1ccc(OC)c(S(=O)(=O)N(Cc2ccc(C)c(F)c2)C2CCN(C#N)C2)c1. The van der Waals surface area contributed by atoms with E-state index in [1.165, 1.54) is 41.6 Å². The first-order chi connectivity index (χ1) is 14.3. The number of ether oxygens (including phenoxy) is 2. The summed E-state index contributed by atoms with van der Waals surface area (Å²) in [5.41, 5.74) is 1.01. The zero-order valence-corrected chi connectivity index (χ0v) is 17.9. The summed E-state index contributed by atoms with van der Waals surface area (Å²) in [7, 11) is -1.20. The van der Waals surface area contributed by atoms with Crippen LogP contribution in [0.2, 0.25) is 0 Å². The minimum absolute atomic E-state index is 0.0240. The van der Waals surface area contributed by atoms with Gasteiger partial charge in [0.2, 0.25) is 10.0 Å². The number of sulfonamides is 1. The van der Waals surface area contributed by atoms with Crippen LogP contribution in [0.4, 0.5) is 4.39 Å². The van der Waals surface area contributed by atoms with Gasteiger partial charge in [-0.05, 0) is 42.7 Å². The quantitative estimate of drug-likeness (QED) is 0.625. The summed E-state index contributed by atoms with van der Waals surface area (Å²) in [6, 6.07) is 8.80. The highest BCUT2D eigenvalue weighted by Crippen LogP contribution is 2.34. The molecule has 3 rings (SSSR count). The number of aryl methyl sites for hydroxylation is 1. The summed E-state index contributed by atoms with van der Waals surface area (Å²) in [6.07, 6.45) is 2.56. The van der Waals surface area contributed by atoms with Crippen molar-refractivity contribution in [2.45, 2.75) is 30.8 Å². The first-order valence-corrected chi connectivity index (χ1v) is 10.9. The molecule has 1 aliphatic rings. The van der Waals surface area contributed by atoms with Gasteiger partial charge in [0.15, 0.2) is 6.19 Å². The highest BCUT2D eigenvalue weighted by atomic mass is 32.2. The van der Waals surface area contributed by atoms with Crippen molar-refractivity contribution in [3.8, 4) is 17.7 Å². The zero-order chi connectivity index (χ0) is 21.9. The molecule has 160 valence electrons. The van der Waals surface area contributed by atoms with Crippen molar-refractivity contribution >= 4 is 10.0 Å². The van der Waals surface area contributed by atoms with Gasteiger partial charge in [0.25, 0.3) is 0 Å². The van der Waals surface area contributed by atoms with Crippen LogP contribution in [0.5, 0.6) is 11.5 Å². The van der Waals surface area contributed by atoms with E-state index in [1.807, 2.05) is 0 Å². The third-order valence-electron chi connectivity index (χ3n) is 5.24. The highest BCUT2D eigenvalue weighted by molar-refractivity contribution is 7.89. The molecule has 1 fully saturated rings. The number of hydrogen-bond acceptors (Lipinski definition) is 6. The molecule has 0 amide bonds. The van der Waals surface area contributed by atoms with Crippen LogP contribution in [0.3, 0.4) is 0 Å². The fourth-order valence-electron chi connectivity index (χ4n) is 3.50. The maximum Gasteiger partial charge on any atom is 0.247 e. The Kier molecular flexibility index (Phi) is 6.48. The minimum Gasteiger partial charge on any atom is -0.497 e. The van der Waals surface area contributed by atoms with Crippen molar-refractivity contribution < 1.29 is 22.3 Å². The van der Waals surface area contributed by atoms with Crippen LogP contribution in [0.15, 0.2) is 41.3 Å². The van der Waals surface area contributed by atoms with Crippen molar-refractivity contribution in [2.24, 2.45) is 0 Å². The second kappa shape index (κ2) is 8.90. The predicted octanol–water partition coefficient (Wildman–Crippen LogP) is 2.90. The van der Waals surface area contributed by atoms with Gasteiger partial charge in [0, 0.05) is 31.7 Å². The Bertz CT molecular complexity index is 1070. The molecule has 2 aromatic rings. The van der Waals surface area contributed by atoms with Gasteiger partial charge in [-0.3, -0.25) is 0 Å². The lowest BCUT2D eigenvalue weighted by molar-refractivity contribution is 0.311. The van der Waals surface area contributed by atoms with E-state index >= 15 is 0 Å². The first-order valence-electron chi connectivity index (χ1n) is 9.43. The molecule has 1 heterocycles. The molecule has 0 radical (unpaired) electrons. The van der Waals surface area contributed by atoms with E-state index < -0.39 is 21.9 Å². The molecule has 0 aromatic heterocycles. The van der Waals surface area contributed by atoms with Gasteiger partial charge < -0.3 is 14.4 Å². The van der Waals surface area contributed by atoms with E-state index in [2.05, 4.69) is 6.19 Å². The minimum atomic E-state index is -4.04. The van der Waals surface area contributed by atoms with Crippen molar-refractivity contribution in [3.05, 3.63) is 53.3 Å². The summed E-state index contributed by atoms with van der Waals surface area (Å²) in [5.74, 6) is 0.167. The van der Waals surface area contributed by atoms with Crippen LogP contribution in [-0.4, -0.2) is 51.0 Å². The molecule has 1 unspecified atom stereocenters. The Morgan fingerprint density at radius 1 is 1.23 bits per heavy atom. The van der Waals surface area contributed by atoms with Crippen molar-refractivity contribution in [3.63, 3.8) is 0 Å². The summed E-state index contributed by atoms with van der Waals surface area (Å²) in [4.78, 5) is 1.48. The van der Waals surface area contributed by atoms with Gasteiger partial charge in [-0.25, -0.2) is 12.8 Å². The zero-order valence-electron chi connectivity index (χ0n) is 17.1. The molecule has 0 spiro atoms. The number of halogens is 1. The van der Waals surface area contributed by atoms with Crippen molar-refractivity contribution in [1.82, 2.24) is 9.21 Å². The number of nitriles is 1. The second-order valence-electron chi connectivity index (χ2n) is 7.14. The fraction of sp³-hybridized carbons (Fsp3) is 0.381. The summed E-state index contributed by atoms with van der Waals surface area (Å²) < 4.78 is 53.3. The smallest absolute Gasteiger partial charge is 0.247 e. The lowest BCUT2D eigenvalue weighted by Gasteiger charge is -2.28. The van der Waals surface area contributed by atoms with Crippen LogP contribution in [-0.2, 0) is 16.6 Å². The Labute approximate surface area is 176 Å². The Morgan fingerprint density at radius 3 is 2.60 bits per heavy atom. The van der Waals surface area contributed by atoms with Crippen molar-refractivity contribution in [2.75, 3.05) is 27.3 Å². The first kappa shape index (κ1) is 21.9. The Hall–Kier alpha value is -2.83. The lowest BCUT2D eigenvalue weighted by atomic mass is 10.1. The molecular weight excluding hydrogens is 409 g/mol. The van der Waals surface area contributed by atoms with Gasteiger partial charge in [0.05, 0.1) is 14.2 Å². The molecule has 0 aliphatic carbocycles. The average molecular weight is 434 g/mol. The van der Waals surface area contributed by atoms with E-state index in [0.717, 1.165) is 0 Å². The van der Waals surface area contributed by atoms with Crippen LogP contribution in [0, 0.1) is 24.2 Å². The molecule has 30 heavy (non-hydrogen) atoms. The molecule has 2 aromatic carbocycles. The predicted molar refractivity (Wildman–Crippen MR) is 109 cm³/mol. The maximum absolute atomic E-state index is 14.1. The molecule has 1 atom stereocenters. The summed E-state index contributed by atoms with van der Waals surface area (Å²) in [6.45, 7) is 2.36. The topological polar surface area (TPSA) is 82.9 Å². The van der Waals surface area contributed by atoms with Gasteiger partial charge in [-0.2, -0.15) is 9.57 Å². The monoisotopic (exact) mass is 433 g/mol. The van der Waals surface area contributed by atoms with E-state index in [1.54, 1.807) is 25.1 Å². The average Bonchev–Trinajstić information content (AvgIpc) is 3.22. The summed E-state index contributed by atoms with van der Waals surface area (Å²) in [5, 5.41) is 9.21. The molecule has 7 nitrogen and oxygen atoms in total. The third-order valence-corrected chi connectivity index (χ3v) is 7.16. The van der Waals surface area contributed by atoms with Crippen LogP contribution in [0.25, 0.3) is 0 Å². The van der Waals surface area contributed by atoms with Gasteiger partial charge in [0.1, 0.15) is 22.2 Å². The molecule has 0 saturated carbocycles. The molecule has 0 bridgehead atoms. The van der Waals surface area contributed by atoms with Crippen LogP contribution >= 0.6 is 0 Å². The lowest BCUT2D eigenvalue weighted by Crippen LogP contribution is -2.41. The number of nitrogens with zero attached hydrogens (tertiary/aromatic N) is 3. The van der Waals surface area contributed by atoms with E-state index in [9.17, 15) is 18.1 Å². The molecule has 1 saturated heterocycles. The highest BCUT2D eigenvalue weighted by Gasteiger charge is 2.37. The van der Waals surface area contributed by atoms with Crippen LogP contribution < -0.4 is 9.47 Å². The van der Waals surface area contributed by atoms with Gasteiger partial charge in [-0.15, -0.1) is 0 Å². The largest absolute Gasteiger partial charge is 0.497 e. The number of rotatable bonds is 7. The Morgan fingerprint density at radius 2 is 2.00 bits per heavy atom. The Balaban J connectivity index is 2.07. The third kappa shape index (κ3) is 4.35. The maximum atomic E-state index is 14.1. The van der Waals surface area contributed by atoms with E-state index in [0.29, 0.717) is 29.8 Å². The second-order valence-corrected chi connectivity index (χ2v) is 9.00. The number of benzene rings is 2. The molecule has 1 aliphatic heterocycles. The molecule has 0 N–H and O–H groups in total. The number of hydrogen-bond donors (Lipinski definition) is 0. The van der Waals surface area contributed by atoms with Crippen molar-refractivity contribution in [1.29, 1.82) is 5.26 Å². The molecular formula is C21H24FN3O4S. The molecule has 9 heteroatoms. The van der Waals surface area contributed by atoms with E-state index in [4.69, 9.17) is 9.47 Å². The number of methoxy groups -OCH3 is 2. The normalized spacial score (nSPS) is 16.5.